The Morgan fingerprint density at radius 2 is 2.16 bits per heavy atom. The van der Waals surface area contributed by atoms with Crippen molar-refractivity contribution in [1.82, 2.24) is 4.90 Å². The molecular formula is C14H17ClFNO2. The van der Waals surface area contributed by atoms with Gasteiger partial charge in [0.05, 0.1) is 24.2 Å². The molecule has 0 N–H and O–H groups in total. The van der Waals surface area contributed by atoms with Crippen molar-refractivity contribution in [2.45, 2.75) is 12.8 Å². The van der Waals surface area contributed by atoms with Gasteiger partial charge < -0.3 is 4.74 Å². The molecule has 0 unspecified atom stereocenters. The van der Waals surface area contributed by atoms with Crippen molar-refractivity contribution in [2.24, 2.45) is 0 Å². The molecule has 1 aromatic rings. The van der Waals surface area contributed by atoms with Gasteiger partial charge in [-0.25, -0.2) is 4.39 Å². The summed E-state index contributed by atoms with van der Waals surface area (Å²) < 4.78 is 18.8. The van der Waals surface area contributed by atoms with Crippen molar-refractivity contribution in [2.75, 3.05) is 32.8 Å². The molecular weight excluding hydrogens is 269 g/mol. The van der Waals surface area contributed by atoms with Crippen LogP contribution in [0.15, 0.2) is 18.2 Å². The van der Waals surface area contributed by atoms with Crippen molar-refractivity contribution >= 4 is 17.4 Å². The zero-order chi connectivity index (χ0) is 13.8. The summed E-state index contributed by atoms with van der Waals surface area (Å²) in [5, 5.41) is 0.0809. The summed E-state index contributed by atoms with van der Waals surface area (Å²) in [6, 6.07) is 4.58. The highest BCUT2D eigenvalue weighted by Crippen LogP contribution is 2.23. The Bertz CT molecular complexity index is 461. The number of nitrogens with zero attached hydrogens (tertiary/aromatic N) is 1. The predicted molar refractivity (Wildman–Crippen MR) is 72.1 cm³/mol. The molecule has 0 aromatic heterocycles. The molecule has 2 rings (SSSR count). The van der Waals surface area contributed by atoms with Crippen molar-refractivity contribution in [1.29, 1.82) is 0 Å². The minimum absolute atomic E-state index is 0.0354. The lowest BCUT2D eigenvalue weighted by Gasteiger charge is -2.29. The first-order valence-electron chi connectivity index (χ1n) is 6.33. The summed E-state index contributed by atoms with van der Waals surface area (Å²) in [4.78, 5) is 14.0. The van der Waals surface area contributed by atoms with Crippen molar-refractivity contribution in [3.8, 4) is 0 Å². The lowest BCUT2D eigenvalue weighted by atomic mass is 9.94. The summed E-state index contributed by atoms with van der Waals surface area (Å²) in [7, 11) is 0. The van der Waals surface area contributed by atoms with Gasteiger partial charge in [-0.1, -0.05) is 17.7 Å². The number of hydrogen-bond acceptors (Lipinski definition) is 3. The third-order valence-corrected chi connectivity index (χ3v) is 3.69. The summed E-state index contributed by atoms with van der Waals surface area (Å²) in [6.45, 7) is 5.11. The summed E-state index contributed by atoms with van der Waals surface area (Å²) >= 11 is 5.67. The molecule has 0 saturated carbocycles. The third kappa shape index (κ3) is 3.75. The first-order valence-corrected chi connectivity index (χ1v) is 6.71. The van der Waals surface area contributed by atoms with Gasteiger partial charge in [0.1, 0.15) is 11.6 Å². The Hall–Kier alpha value is -0.970. The predicted octanol–water partition coefficient (Wildman–Crippen LogP) is 2.48. The van der Waals surface area contributed by atoms with Gasteiger partial charge in [-0.15, -0.1) is 0 Å². The Morgan fingerprint density at radius 1 is 1.47 bits per heavy atom. The van der Waals surface area contributed by atoms with Crippen molar-refractivity contribution in [3.05, 3.63) is 34.6 Å². The van der Waals surface area contributed by atoms with E-state index in [1.54, 1.807) is 6.07 Å². The normalized spacial score (nSPS) is 18.3. The molecule has 1 aromatic carbocycles. The lowest BCUT2D eigenvalue weighted by Crippen LogP contribution is -2.40. The van der Waals surface area contributed by atoms with E-state index in [1.165, 1.54) is 19.1 Å². The van der Waals surface area contributed by atoms with E-state index < -0.39 is 5.82 Å². The molecule has 1 aliphatic heterocycles. The number of carbonyl (C=O) groups excluding carboxylic acids is 1. The molecule has 1 fully saturated rings. The highest BCUT2D eigenvalue weighted by Gasteiger charge is 2.22. The molecule has 5 heteroatoms. The highest BCUT2D eigenvalue weighted by atomic mass is 35.5. The summed E-state index contributed by atoms with van der Waals surface area (Å²) in [6.07, 6.45) is 0. The zero-order valence-electron chi connectivity index (χ0n) is 10.9. The van der Waals surface area contributed by atoms with Gasteiger partial charge >= 0.3 is 0 Å². The second-order valence-electron chi connectivity index (χ2n) is 4.75. The molecule has 1 atom stereocenters. The maximum absolute atomic E-state index is 13.5. The van der Waals surface area contributed by atoms with E-state index in [0.717, 1.165) is 13.1 Å². The van der Waals surface area contributed by atoms with Crippen LogP contribution >= 0.6 is 11.6 Å². The Balaban J connectivity index is 2.14. The van der Waals surface area contributed by atoms with Gasteiger partial charge in [-0.05, 0) is 24.6 Å². The van der Waals surface area contributed by atoms with Crippen LogP contribution in [0.5, 0.6) is 0 Å². The van der Waals surface area contributed by atoms with Crippen molar-refractivity contribution < 1.29 is 13.9 Å². The maximum Gasteiger partial charge on any atom is 0.142 e. The van der Waals surface area contributed by atoms with Crippen LogP contribution in [-0.4, -0.2) is 43.5 Å². The number of morpholine rings is 1. The molecule has 0 spiro atoms. The first kappa shape index (κ1) is 14.4. The standard InChI is InChI=1S/C14H17ClFNO2/c1-10(18)12(9-17-4-6-19-7-5-17)11-2-3-13(15)14(16)8-11/h2-3,8,12H,4-7,9H2,1H3/t12-/m1/s1. The van der Waals surface area contributed by atoms with E-state index in [1.807, 2.05) is 0 Å². The minimum atomic E-state index is -0.479. The molecule has 1 saturated heterocycles. The van der Waals surface area contributed by atoms with Crippen LogP contribution in [0.2, 0.25) is 5.02 Å². The molecule has 1 heterocycles. The van der Waals surface area contributed by atoms with Crippen LogP contribution in [0.4, 0.5) is 4.39 Å². The molecule has 19 heavy (non-hydrogen) atoms. The number of Topliss-reactive ketones (excluding diaryl/α,β-unsaturated/α-hetero) is 1. The monoisotopic (exact) mass is 285 g/mol. The lowest BCUT2D eigenvalue weighted by molar-refractivity contribution is -0.119. The number of carbonyl (C=O) groups is 1. The number of ether oxygens (including phenoxy) is 1. The second kappa shape index (κ2) is 6.46. The second-order valence-corrected chi connectivity index (χ2v) is 5.16. The summed E-state index contributed by atoms with van der Waals surface area (Å²) in [5.41, 5.74) is 0.681. The van der Waals surface area contributed by atoms with Gasteiger partial charge in [-0.2, -0.15) is 0 Å². The zero-order valence-corrected chi connectivity index (χ0v) is 11.6. The van der Waals surface area contributed by atoms with Crippen LogP contribution in [-0.2, 0) is 9.53 Å². The average Bonchev–Trinajstić information content (AvgIpc) is 2.40. The number of hydrogen-bond donors (Lipinski definition) is 0. The maximum atomic E-state index is 13.5. The first-order chi connectivity index (χ1) is 9.08. The third-order valence-electron chi connectivity index (χ3n) is 3.38. The van der Waals surface area contributed by atoms with Gasteiger partial charge in [0, 0.05) is 19.6 Å². The van der Waals surface area contributed by atoms with E-state index in [-0.39, 0.29) is 16.7 Å². The molecule has 0 amide bonds. The largest absolute Gasteiger partial charge is 0.379 e. The summed E-state index contributed by atoms with van der Waals surface area (Å²) in [5.74, 6) is -0.759. The average molecular weight is 286 g/mol. The molecule has 104 valence electrons. The van der Waals surface area contributed by atoms with Crippen LogP contribution in [0.25, 0.3) is 0 Å². The molecule has 0 radical (unpaired) electrons. The van der Waals surface area contributed by atoms with Crippen LogP contribution < -0.4 is 0 Å². The van der Waals surface area contributed by atoms with Gasteiger partial charge in [0.25, 0.3) is 0 Å². The quantitative estimate of drug-likeness (QED) is 0.851. The van der Waals surface area contributed by atoms with E-state index in [0.29, 0.717) is 25.3 Å². The fourth-order valence-corrected chi connectivity index (χ4v) is 2.36. The van der Waals surface area contributed by atoms with Crippen molar-refractivity contribution in [3.63, 3.8) is 0 Å². The van der Waals surface area contributed by atoms with Crippen LogP contribution in [0.3, 0.4) is 0 Å². The Morgan fingerprint density at radius 3 is 2.74 bits per heavy atom. The van der Waals surface area contributed by atoms with Gasteiger partial charge in [0.2, 0.25) is 0 Å². The fourth-order valence-electron chi connectivity index (χ4n) is 2.24. The van der Waals surface area contributed by atoms with Gasteiger partial charge in [-0.3, -0.25) is 9.69 Å². The van der Waals surface area contributed by atoms with E-state index in [9.17, 15) is 9.18 Å². The molecule has 0 aliphatic carbocycles. The topological polar surface area (TPSA) is 29.5 Å². The SMILES string of the molecule is CC(=O)[C@@H](CN1CCOCC1)c1ccc(Cl)c(F)c1. The van der Waals surface area contributed by atoms with Crippen LogP contribution in [0.1, 0.15) is 18.4 Å². The highest BCUT2D eigenvalue weighted by molar-refractivity contribution is 6.30. The molecule has 1 aliphatic rings. The molecule has 0 bridgehead atoms. The van der Waals surface area contributed by atoms with E-state index in [4.69, 9.17) is 16.3 Å². The smallest absolute Gasteiger partial charge is 0.142 e. The Kier molecular flexibility index (Phi) is 4.91. The number of benzene rings is 1. The van der Waals surface area contributed by atoms with E-state index >= 15 is 0 Å². The van der Waals surface area contributed by atoms with E-state index in [2.05, 4.69) is 4.90 Å². The number of ketones is 1. The Labute approximate surface area is 117 Å². The minimum Gasteiger partial charge on any atom is -0.379 e. The number of rotatable bonds is 4. The van der Waals surface area contributed by atoms with Gasteiger partial charge in [0.15, 0.2) is 0 Å². The van der Waals surface area contributed by atoms with Crippen LogP contribution in [0, 0.1) is 5.82 Å². The number of halogens is 2. The fraction of sp³-hybridized carbons (Fsp3) is 0.500. The molecule has 3 nitrogen and oxygen atoms in total.